The van der Waals surface area contributed by atoms with Crippen LogP contribution in [0.4, 0.5) is 0 Å². The molecule has 21 heavy (non-hydrogen) atoms. The predicted octanol–water partition coefficient (Wildman–Crippen LogP) is 2.08. The van der Waals surface area contributed by atoms with Crippen LogP contribution < -0.4 is 10.1 Å². The number of ether oxygens (including phenoxy) is 2. The van der Waals surface area contributed by atoms with Crippen molar-refractivity contribution in [3.8, 4) is 5.75 Å². The highest BCUT2D eigenvalue weighted by Gasteiger charge is 2.22. The summed E-state index contributed by atoms with van der Waals surface area (Å²) in [5, 5.41) is 2.63. The molecular formula is C16H23NO4. The van der Waals surface area contributed by atoms with Gasteiger partial charge in [0, 0.05) is 0 Å². The number of rotatable bonds is 5. The maximum atomic E-state index is 11.9. The molecule has 0 aliphatic heterocycles. The van der Waals surface area contributed by atoms with E-state index < -0.39 is 17.6 Å². The first kappa shape index (κ1) is 17.0. The highest BCUT2D eigenvalue weighted by atomic mass is 16.6. The molecule has 0 aromatic heterocycles. The lowest BCUT2D eigenvalue weighted by molar-refractivity contribution is -0.158. The molecule has 0 aliphatic rings. The second kappa shape index (κ2) is 7.11. The molecule has 1 N–H and O–H groups in total. The Morgan fingerprint density at radius 2 is 1.76 bits per heavy atom. The Labute approximate surface area is 125 Å². The number of hydrogen-bond acceptors (Lipinski definition) is 4. The molecule has 0 unspecified atom stereocenters. The van der Waals surface area contributed by atoms with Crippen LogP contribution in [-0.4, -0.2) is 30.6 Å². The predicted molar refractivity (Wildman–Crippen MR) is 80.1 cm³/mol. The average Bonchev–Trinajstić information content (AvgIpc) is 2.37. The maximum Gasteiger partial charge on any atom is 0.328 e. The van der Waals surface area contributed by atoms with Crippen molar-refractivity contribution in [2.45, 2.75) is 45.8 Å². The van der Waals surface area contributed by atoms with E-state index in [0.29, 0.717) is 0 Å². The summed E-state index contributed by atoms with van der Waals surface area (Å²) < 4.78 is 10.3. The molecule has 0 radical (unpaired) electrons. The lowest BCUT2D eigenvalue weighted by atomic mass is 10.1. The maximum absolute atomic E-state index is 11.9. The number of nitrogens with one attached hydrogen (secondary N) is 1. The van der Waals surface area contributed by atoms with Crippen LogP contribution in [-0.2, 0) is 20.7 Å². The van der Waals surface area contributed by atoms with Gasteiger partial charge in [-0.3, -0.25) is 4.79 Å². The van der Waals surface area contributed by atoms with E-state index in [0.717, 1.165) is 11.3 Å². The molecule has 0 saturated heterocycles. The van der Waals surface area contributed by atoms with E-state index in [9.17, 15) is 9.59 Å². The van der Waals surface area contributed by atoms with Gasteiger partial charge in [-0.2, -0.15) is 0 Å². The molecule has 1 aromatic rings. The highest BCUT2D eigenvalue weighted by molar-refractivity contribution is 5.85. The molecule has 1 amide bonds. The van der Waals surface area contributed by atoms with Crippen LogP contribution in [0.25, 0.3) is 0 Å². The molecule has 0 bridgehead atoms. The van der Waals surface area contributed by atoms with Gasteiger partial charge in [-0.1, -0.05) is 12.1 Å². The van der Waals surface area contributed by atoms with E-state index in [1.54, 1.807) is 46.9 Å². The number of carbonyl (C=O) groups excluding carboxylic acids is 2. The Bertz CT molecular complexity index is 488. The smallest absolute Gasteiger partial charge is 0.328 e. The second-order valence-electron chi connectivity index (χ2n) is 5.85. The van der Waals surface area contributed by atoms with Crippen molar-refractivity contribution in [1.29, 1.82) is 0 Å². The first-order valence-electron chi connectivity index (χ1n) is 6.86. The SMILES string of the molecule is COc1ccc(CC(=O)N[C@@H](C)C(=O)OC(C)(C)C)cc1. The Morgan fingerprint density at radius 1 is 1.19 bits per heavy atom. The fraction of sp³-hybridized carbons (Fsp3) is 0.500. The molecule has 5 nitrogen and oxygen atoms in total. The monoisotopic (exact) mass is 293 g/mol. The molecule has 0 aliphatic carbocycles. The third kappa shape index (κ3) is 6.29. The molecule has 0 fully saturated rings. The summed E-state index contributed by atoms with van der Waals surface area (Å²) in [5.74, 6) is 0.0744. The number of amides is 1. The van der Waals surface area contributed by atoms with Gasteiger partial charge in [0.05, 0.1) is 13.5 Å². The van der Waals surface area contributed by atoms with Crippen molar-refractivity contribution in [3.63, 3.8) is 0 Å². The molecule has 116 valence electrons. The largest absolute Gasteiger partial charge is 0.497 e. The van der Waals surface area contributed by atoms with Gasteiger partial charge in [0.1, 0.15) is 17.4 Å². The van der Waals surface area contributed by atoms with Crippen molar-refractivity contribution < 1.29 is 19.1 Å². The van der Waals surface area contributed by atoms with Gasteiger partial charge in [-0.15, -0.1) is 0 Å². The van der Waals surface area contributed by atoms with Gasteiger partial charge >= 0.3 is 5.97 Å². The van der Waals surface area contributed by atoms with Crippen LogP contribution in [0, 0.1) is 0 Å². The van der Waals surface area contributed by atoms with Crippen LogP contribution in [0.5, 0.6) is 5.75 Å². The first-order chi connectivity index (χ1) is 9.71. The first-order valence-corrected chi connectivity index (χ1v) is 6.86. The molecular weight excluding hydrogens is 270 g/mol. The number of esters is 1. The molecule has 0 spiro atoms. The molecule has 0 saturated carbocycles. The van der Waals surface area contributed by atoms with E-state index >= 15 is 0 Å². The highest BCUT2D eigenvalue weighted by Crippen LogP contribution is 2.12. The van der Waals surface area contributed by atoms with E-state index in [-0.39, 0.29) is 12.3 Å². The minimum Gasteiger partial charge on any atom is -0.497 e. The van der Waals surface area contributed by atoms with Crippen LogP contribution in [0.2, 0.25) is 0 Å². The zero-order chi connectivity index (χ0) is 16.0. The number of hydrogen-bond donors (Lipinski definition) is 1. The number of benzene rings is 1. The van der Waals surface area contributed by atoms with Gasteiger partial charge in [0.2, 0.25) is 5.91 Å². The fourth-order valence-electron chi connectivity index (χ4n) is 1.67. The van der Waals surface area contributed by atoms with Crippen LogP contribution in [0.15, 0.2) is 24.3 Å². The Morgan fingerprint density at radius 3 is 2.24 bits per heavy atom. The van der Waals surface area contributed by atoms with Crippen molar-refractivity contribution in [1.82, 2.24) is 5.32 Å². The summed E-state index contributed by atoms with van der Waals surface area (Å²) in [7, 11) is 1.59. The standard InChI is InChI=1S/C16H23NO4/c1-11(15(19)21-16(2,3)4)17-14(18)10-12-6-8-13(20-5)9-7-12/h6-9,11H,10H2,1-5H3,(H,17,18)/t11-/m0/s1. The van der Waals surface area contributed by atoms with E-state index in [1.165, 1.54) is 0 Å². The van der Waals surface area contributed by atoms with Crippen LogP contribution in [0.1, 0.15) is 33.3 Å². The summed E-state index contributed by atoms with van der Waals surface area (Å²) in [6.07, 6.45) is 0.205. The summed E-state index contributed by atoms with van der Waals surface area (Å²) in [5.41, 5.74) is 0.288. The third-order valence-corrected chi connectivity index (χ3v) is 2.66. The fourth-order valence-corrected chi connectivity index (χ4v) is 1.67. The van der Waals surface area contributed by atoms with Crippen molar-refractivity contribution >= 4 is 11.9 Å². The molecule has 1 aromatic carbocycles. The van der Waals surface area contributed by atoms with Crippen LogP contribution >= 0.6 is 0 Å². The quantitative estimate of drug-likeness (QED) is 0.844. The van der Waals surface area contributed by atoms with Gasteiger partial charge in [0.25, 0.3) is 0 Å². The Hall–Kier alpha value is -2.04. The Balaban J connectivity index is 2.50. The van der Waals surface area contributed by atoms with E-state index in [2.05, 4.69) is 5.32 Å². The van der Waals surface area contributed by atoms with E-state index in [4.69, 9.17) is 9.47 Å². The second-order valence-corrected chi connectivity index (χ2v) is 5.85. The lowest BCUT2D eigenvalue weighted by Crippen LogP contribution is -2.42. The van der Waals surface area contributed by atoms with Crippen molar-refractivity contribution in [2.75, 3.05) is 7.11 Å². The number of methoxy groups -OCH3 is 1. The van der Waals surface area contributed by atoms with Crippen molar-refractivity contribution in [3.05, 3.63) is 29.8 Å². The third-order valence-electron chi connectivity index (χ3n) is 2.66. The van der Waals surface area contributed by atoms with Crippen molar-refractivity contribution in [2.24, 2.45) is 0 Å². The van der Waals surface area contributed by atoms with E-state index in [1.807, 2.05) is 12.1 Å². The topological polar surface area (TPSA) is 64.6 Å². The summed E-state index contributed by atoms with van der Waals surface area (Å²) >= 11 is 0. The van der Waals surface area contributed by atoms with Crippen LogP contribution in [0.3, 0.4) is 0 Å². The lowest BCUT2D eigenvalue weighted by Gasteiger charge is -2.22. The molecule has 5 heteroatoms. The summed E-state index contributed by atoms with van der Waals surface area (Å²) in [4.78, 5) is 23.7. The number of carbonyl (C=O) groups is 2. The normalized spacial score (nSPS) is 12.4. The van der Waals surface area contributed by atoms with Gasteiger partial charge in [-0.25, -0.2) is 4.79 Å². The summed E-state index contributed by atoms with van der Waals surface area (Å²) in [6.45, 7) is 6.98. The zero-order valence-corrected chi connectivity index (χ0v) is 13.2. The van der Waals surface area contributed by atoms with Gasteiger partial charge < -0.3 is 14.8 Å². The van der Waals surface area contributed by atoms with Gasteiger partial charge in [0.15, 0.2) is 0 Å². The Kier molecular flexibility index (Phi) is 5.76. The van der Waals surface area contributed by atoms with Gasteiger partial charge in [-0.05, 0) is 45.4 Å². The summed E-state index contributed by atoms with van der Waals surface area (Å²) in [6, 6.07) is 6.54. The average molecular weight is 293 g/mol. The zero-order valence-electron chi connectivity index (χ0n) is 13.2. The minimum atomic E-state index is -0.671. The molecule has 1 atom stereocenters. The minimum absolute atomic E-state index is 0.205. The molecule has 1 rings (SSSR count). The molecule has 0 heterocycles.